The molecule has 0 aliphatic carbocycles. The summed E-state index contributed by atoms with van der Waals surface area (Å²) >= 11 is 0. The minimum absolute atomic E-state index is 0.0768. The van der Waals surface area contributed by atoms with Crippen molar-refractivity contribution in [3.63, 3.8) is 0 Å². The molecule has 1 aromatic carbocycles. The number of carbonyl (C=O) groups excluding carboxylic acids is 1. The Hall–Kier alpha value is -2.93. The van der Waals surface area contributed by atoms with Crippen molar-refractivity contribution in [3.05, 3.63) is 60.3 Å². The van der Waals surface area contributed by atoms with Gasteiger partial charge in [-0.1, -0.05) is 35.5 Å². The number of benzene rings is 1. The summed E-state index contributed by atoms with van der Waals surface area (Å²) in [6.07, 6.45) is 5.60. The molecule has 1 aliphatic heterocycles. The van der Waals surface area contributed by atoms with Crippen LogP contribution in [-0.4, -0.2) is 52.3 Å². The Morgan fingerprint density at radius 1 is 1.25 bits per heavy atom. The molecule has 0 unspecified atom stereocenters. The van der Waals surface area contributed by atoms with Gasteiger partial charge in [0.1, 0.15) is 5.82 Å². The van der Waals surface area contributed by atoms with Gasteiger partial charge in [0.25, 0.3) is 5.91 Å². The van der Waals surface area contributed by atoms with Gasteiger partial charge in [0.05, 0.1) is 6.61 Å². The fourth-order valence-corrected chi connectivity index (χ4v) is 3.68. The maximum Gasteiger partial charge on any atom is 0.276 e. The molecular weight excluding hydrogens is 356 g/mol. The van der Waals surface area contributed by atoms with Crippen LogP contribution in [0.5, 0.6) is 0 Å². The van der Waals surface area contributed by atoms with Gasteiger partial charge in [0.15, 0.2) is 11.5 Å². The van der Waals surface area contributed by atoms with Gasteiger partial charge < -0.3 is 18.7 Å². The molecule has 3 aromatic rings. The normalized spacial score (nSPS) is 15.1. The molecule has 146 valence electrons. The van der Waals surface area contributed by atoms with Crippen LogP contribution in [0.15, 0.2) is 53.3 Å². The zero-order chi connectivity index (χ0) is 19.3. The van der Waals surface area contributed by atoms with Gasteiger partial charge in [-0.3, -0.25) is 4.79 Å². The van der Waals surface area contributed by atoms with Crippen LogP contribution in [0.25, 0.3) is 11.3 Å². The number of nitrogens with zero attached hydrogens (tertiary/aromatic N) is 4. The van der Waals surface area contributed by atoms with Gasteiger partial charge >= 0.3 is 0 Å². The Morgan fingerprint density at radius 2 is 2.04 bits per heavy atom. The predicted molar refractivity (Wildman–Crippen MR) is 104 cm³/mol. The van der Waals surface area contributed by atoms with Crippen molar-refractivity contribution in [2.45, 2.75) is 25.3 Å². The first-order valence-corrected chi connectivity index (χ1v) is 9.57. The molecule has 1 fully saturated rings. The smallest absolute Gasteiger partial charge is 0.276 e. The number of aromatic nitrogens is 3. The molecule has 2 aromatic heterocycles. The first-order valence-electron chi connectivity index (χ1n) is 9.57. The number of imidazole rings is 1. The van der Waals surface area contributed by atoms with Crippen molar-refractivity contribution in [1.82, 2.24) is 19.6 Å². The van der Waals surface area contributed by atoms with Gasteiger partial charge in [-0.15, -0.1) is 0 Å². The lowest BCUT2D eigenvalue weighted by Gasteiger charge is -2.31. The molecule has 0 spiro atoms. The third-order valence-electron chi connectivity index (χ3n) is 5.22. The number of likely N-dealkylation sites (tertiary alicyclic amines) is 1. The highest BCUT2D eigenvalue weighted by atomic mass is 16.5. The quantitative estimate of drug-likeness (QED) is 0.657. The Kier molecular flexibility index (Phi) is 5.53. The molecule has 28 heavy (non-hydrogen) atoms. The van der Waals surface area contributed by atoms with Gasteiger partial charge in [-0.2, -0.15) is 0 Å². The van der Waals surface area contributed by atoms with Crippen LogP contribution in [0.1, 0.15) is 35.1 Å². The summed E-state index contributed by atoms with van der Waals surface area (Å²) < 4.78 is 12.7. The highest BCUT2D eigenvalue weighted by molar-refractivity contribution is 5.93. The summed E-state index contributed by atoms with van der Waals surface area (Å²) in [5, 5.41) is 3.99. The van der Waals surface area contributed by atoms with E-state index >= 15 is 0 Å². The van der Waals surface area contributed by atoms with E-state index in [1.54, 1.807) is 13.2 Å². The molecule has 1 saturated heterocycles. The van der Waals surface area contributed by atoms with Crippen molar-refractivity contribution in [3.8, 4) is 11.3 Å². The summed E-state index contributed by atoms with van der Waals surface area (Å²) in [5.41, 5.74) is 1.27. The Labute approximate surface area is 163 Å². The summed E-state index contributed by atoms with van der Waals surface area (Å²) in [7, 11) is 1.70. The van der Waals surface area contributed by atoms with Crippen molar-refractivity contribution in [2.24, 2.45) is 0 Å². The van der Waals surface area contributed by atoms with Crippen molar-refractivity contribution >= 4 is 5.91 Å². The van der Waals surface area contributed by atoms with Gasteiger partial charge in [-0.25, -0.2) is 4.98 Å². The summed E-state index contributed by atoms with van der Waals surface area (Å²) in [4.78, 5) is 19.2. The van der Waals surface area contributed by atoms with Crippen molar-refractivity contribution in [1.29, 1.82) is 0 Å². The predicted octanol–water partition coefficient (Wildman–Crippen LogP) is 3.20. The van der Waals surface area contributed by atoms with E-state index in [4.69, 9.17) is 9.26 Å². The van der Waals surface area contributed by atoms with E-state index in [0.717, 1.165) is 30.8 Å². The molecule has 7 heteroatoms. The molecule has 7 nitrogen and oxygen atoms in total. The van der Waals surface area contributed by atoms with Crippen LogP contribution >= 0.6 is 0 Å². The highest BCUT2D eigenvalue weighted by Gasteiger charge is 2.28. The van der Waals surface area contributed by atoms with Crippen LogP contribution < -0.4 is 0 Å². The third-order valence-corrected chi connectivity index (χ3v) is 5.22. The number of ether oxygens (including phenoxy) is 1. The molecule has 1 amide bonds. The number of carbonyl (C=O) groups is 1. The first-order chi connectivity index (χ1) is 13.8. The van der Waals surface area contributed by atoms with Crippen molar-refractivity contribution in [2.75, 3.05) is 26.8 Å². The van der Waals surface area contributed by atoms with E-state index in [0.29, 0.717) is 37.1 Å². The lowest BCUT2D eigenvalue weighted by Crippen LogP contribution is -2.38. The number of piperidine rings is 1. The number of amides is 1. The summed E-state index contributed by atoms with van der Waals surface area (Å²) in [6.45, 7) is 2.84. The second kappa shape index (κ2) is 8.39. The van der Waals surface area contributed by atoms with Crippen LogP contribution in [0, 0.1) is 0 Å². The molecule has 0 atom stereocenters. The number of hydrogen-bond donors (Lipinski definition) is 0. The molecule has 0 saturated carbocycles. The first kappa shape index (κ1) is 18.4. The SMILES string of the molecule is COCCn1ccnc1C1CCN(C(=O)c2cc(-c3ccccc3)on2)CC1. The van der Waals surface area contributed by atoms with Gasteiger partial charge in [-0.05, 0) is 12.8 Å². The van der Waals surface area contributed by atoms with E-state index in [9.17, 15) is 4.79 Å². The molecule has 3 heterocycles. The lowest BCUT2D eigenvalue weighted by molar-refractivity contribution is 0.0699. The fourth-order valence-electron chi connectivity index (χ4n) is 3.68. The standard InChI is InChI=1S/C21H24N4O3/c1-27-14-13-24-12-9-22-20(24)17-7-10-25(11-8-17)21(26)18-15-19(28-23-18)16-5-3-2-4-6-16/h2-6,9,12,15,17H,7-8,10-11,13-14H2,1H3. The molecule has 1 aliphatic rings. The monoisotopic (exact) mass is 380 g/mol. The second-order valence-electron chi connectivity index (χ2n) is 6.98. The average Bonchev–Trinajstić information content (AvgIpc) is 3.42. The maximum atomic E-state index is 12.8. The summed E-state index contributed by atoms with van der Waals surface area (Å²) in [5.74, 6) is 1.97. The Morgan fingerprint density at radius 3 is 2.79 bits per heavy atom. The molecule has 4 rings (SSSR count). The van der Waals surface area contributed by atoms with Crippen LogP contribution in [-0.2, 0) is 11.3 Å². The zero-order valence-corrected chi connectivity index (χ0v) is 16.0. The maximum absolute atomic E-state index is 12.8. The number of hydrogen-bond acceptors (Lipinski definition) is 5. The Bertz CT molecular complexity index is 911. The number of rotatable bonds is 6. The lowest BCUT2D eigenvalue weighted by atomic mass is 9.95. The zero-order valence-electron chi connectivity index (χ0n) is 16.0. The van der Waals surface area contributed by atoms with E-state index < -0.39 is 0 Å². The van der Waals surface area contributed by atoms with Gasteiger partial charge in [0, 0.05) is 56.7 Å². The van der Waals surface area contributed by atoms with Crippen LogP contribution in [0.3, 0.4) is 0 Å². The third kappa shape index (κ3) is 3.84. The Balaban J connectivity index is 1.38. The van der Waals surface area contributed by atoms with E-state index in [2.05, 4.69) is 14.7 Å². The molecule has 0 radical (unpaired) electrons. The average molecular weight is 380 g/mol. The van der Waals surface area contributed by atoms with Gasteiger partial charge in [0.2, 0.25) is 0 Å². The molecule has 0 bridgehead atoms. The van der Waals surface area contributed by atoms with E-state index in [1.165, 1.54) is 0 Å². The molecular formula is C21H24N4O3. The van der Waals surface area contributed by atoms with E-state index in [1.807, 2.05) is 47.6 Å². The molecule has 0 N–H and O–H groups in total. The second-order valence-corrected chi connectivity index (χ2v) is 6.98. The van der Waals surface area contributed by atoms with Crippen LogP contribution in [0.2, 0.25) is 0 Å². The van der Waals surface area contributed by atoms with Crippen LogP contribution in [0.4, 0.5) is 0 Å². The summed E-state index contributed by atoms with van der Waals surface area (Å²) in [6, 6.07) is 11.4. The van der Waals surface area contributed by atoms with Crippen molar-refractivity contribution < 1.29 is 14.1 Å². The minimum atomic E-state index is -0.0768. The topological polar surface area (TPSA) is 73.4 Å². The largest absolute Gasteiger partial charge is 0.383 e. The number of methoxy groups -OCH3 is 1. The minimum Gasteiger partial charge on any atom is -0.383 e. The highest BCUT2D eigenvalue weighted by Crippen LogP contribution is 2.28. The van der Waals surface area contributed by atoms with E-state index in [-0.39, 0.29) is 5.91 Å². The fraction of sp³-hybridized carbons (Fsp3) is 0.381.